The molecule has 0 radical (unpaired) electrons. The van der Waals surface area contributed by atoms with Crippen LogP contribution in [0.1, 0.15) is 39.4 Å². The maximum Gasteiger partial charge on any atom is 0.408 e. The van der Waals surface area contributed by atoms with Gasteiger partial charge in [-0.25, -0.2) is 9.78 Å². The molecule has 0 saturated heterocycles. The Kier molecular flexibility index (Phi) is 4.94. The van der Waals surface area contributed by atoms with E-state index in [1.54, 1.807) is 25.3 Å². The van der Waals surface area contributed by atoms with E-state index in [1.165, 1.54) is 6.33 Å². The van der Waals surface area contributed by atoms with Gasteiger partial charge in [0.05, 0.1) is 12.0 Å². The lowest BCUT2D eigenvalue weighted by Gasteiger charge is -2.22. The summed E-state index contributed by atoms with van der Waals surface area (Å²) in [6.45, 7) is 7.70. The third-order valence-electron chi connectivity index (χ3n) is 2.27. The number of amides is 1. The number of hydrogen-bond donors (Lipinski definition) is 1. The Bertz CT molecular complexity index is 465. The molecule has 1 rings (SSSR count). The van der Waals surface area contributed by atoms with Gasteiger partial charge < -0.3 is 19.4 Å². The van der Waals surface area contributed by atoms with E-state index < -0.39 is 17.7 Å². The summed E-state index contributed by atoms with van der Waals surface area (Å²) >= 11 is 5.93. The average molecular weight is 288 g/mol. The number of ether oxygens (including phenoxy) is 1. The lowest BCUT2D eigenvalue weighted by atomic mass is 10.2. The maximum atomic E-state index is 11.7. The molecule has 0 bridgehead atoms. The maximum absolute atomic E-state index is 11.7. The topological polar surface area (TPSA) is 73.2 Å². The third kappa shape index (κ3) is 4.24. The van der Waals surface area contributed by atoms with Crippen LogP contribution in [0.3, 0.4) is 0 Å². The number of aldehydes is 1. The van der Waals surface area contributed by atoms with Crippen molar-refractivity contribution in [1.29, 1.82) is 0 Å². The molecule has 0 aliphatic carbocycles. The Balaban J connectivity index is 2.87. The van der Waals surface area contributed by atoms with Crippen molar-refractivity contribution >= 4 is 24.0 Å². The van der Waals surface area contributed by atoms with E-state index in [0.29, 0.717) is 18.5 Å². The van der Waals surface area contributed by atoms with E-state index in [2.05, 4.69) is 10.3 Å². The van der Waals surface area contributed by atoms with Gasteiger partial charge in [0.2, 0.25) is 0 Å². The molecule has 0 aliphatic rings. The van der Waals surface area contributed by atoms with Crippen molar-refractivity contribution in [2.75, 3.05) is 0 Å². The molecule has 6 nitrogen and oxygen atoms in total. The molecule has 1 N–H and O–H groups in total. The fourth-order valence-corrected chi connectivity index (χ4v) is 1.80. The SMILES string of the molecule is CCn1cnc(Cl)c1C(C=O)NC(=O)OC(C)(C)C. The fraction of sp³-hybridized carbons (Fsp3) is 0.583. The van der Waals surface area contributed by atoms with Gasteiger partial charge in [-0.15, -0.1) is 0 Å². The molecule has 19 heavy (non-hydrogen) atoms. The number of aryl methyl sites for hydroxylation is 1. The van der Waals surface area contributed by atoms with Gasteiger partial charge in [0.1, 0.15) is 17.9 Å². The Morgan fingerprint density at radius 2 is 2.26 bits per heavy atom. The predicted octanol–water partition coefficient (Wildman–Crippen LogP) is 2.32. The van der Waals surface area contributed by atoms with E-state index in [0.717, 1.165) is 0 Å². The van der Waals surface area contributed by atoms with Gasteiger partial charge in [-0.3, -0.25) is 0 Å². The molecule has 0 saturated carbocycles. The number of carbonyl (C=O) groups is 2. The predicted molar refractivity (Wildman–Crippen MR) is 71.1 cm³/mol. The molecular formula is C12H18ClN3O3. The molecule has 1 unspecified atom stereocenters. The summed E-state index contributed by atoms with van der Waals surface area (Å²) in [5.74, 6) is 0. The van der Waals surface area contributed by atoms with Crippen LogP contribution in [0.2, 0.25) is 5.15 Å². The number of nitrogens with zero attached hydrogens (tertiary/aromatic N) is 2. The van der Waals surface area contributed by atoms with Gasteiger partial charge >= 0.3 is 6.09 Å². The molecule has 1 atom stereocenters. The molecule has 1 amide bonds. The normalized spacial score (nSPS) is 12.9. The number of imidazole rings is 1. The number of halogens is 1. The summed E-state index contributed by atoms with van der Waals surface area (Å²) < 4.78 is 6.79. The summed E-state index contributed by atoms with van der Waals surface area (Å²) in [5, 5.41) is 2.66. The highest BCUT2D eigenvalue weighted by Crippen LogP contribution is 2.21. The molecule has 106 valence electrons. The van der Waals surface area contributed by atoms with Crippen molar-refractivity contribution in [1.82, 2.24) is 14.9 Å². The molecule has 0 spiro atoms. The van der Waals surface area contributed by atoms with Crippen LogP contribution in [0, 0.1) is 0 Å². The van der Waals surface area contributed by atoms with Crippen LogP contribution in [-0.2, 0) is 16.1 Å². The molecule has 7 heteroatoms. The standard InChI is InChI=1S/C12H18ClN3O3/c1-5-16-7-14-10(13)9(16)8(6-17)15-11(18)19-12(2,3)4/h6-8H,5H2,1-4H3,(H,15,18). The van der Waals surface area contributed by atoms with Crippen LogP contribution < -0.4 is 5.32 Å². The van der Waals surface area contributed by atoms with Gasteiger partial charge in [0.25, 0.3) is 0 Å². The van der Waals surface area contributed by atoms with Gasteiger partial charge in [-0.1, -0.05) is 11.6 Å². The monoisotopic (exact) mass is 287 g/mol. The van der Waals surface area contributed by atoms with Crippen molar-refractivity contribution in [2.45, 2.75) is 45.9 Å². The zero-order valence-electron chi connectivity index (χ0n) is 11.4. The number of aromatic nitrogens is 2. The van der Waals surface area contributed by atoms with Crippen LogP contribution >= 0.6 is 11.6 Å². The first-order valence-electron chi connectivity index (χ1n) is 5.93. The highest BCUT2D eigenvalue weighted by atomic mass is 35.5. The van der Waals surface area contributed by atoms with Crippen LogP contribution in [-0.4, -0.2) is 27.5 Å². The van der Waals surface area contributed by atoms with E-state index in [1.807, 2.05) is 6.92 Å². The Hall–Kier alpha value is -1.56. The summed E-state index contributed by atoms with van der Waals surface area (Å²) in [7, 11) is 0. The minimum atomic E-state index is -0.884. The first-order chi connectivity index (χ1) is 8.78. The number of carbonyl (C=O) groups excluding carboxylic acids is 2. The summed E-state index contributed by atoms with van der Waals surface area (Å²) in [6, 6.07) is -0.884. The second-order valence-electron chi connectivity index (χ2n) is 4.97. The van der Waals surface area contributed by atoms with Crippen molar-refractivity contribution in [3.05, 3.63) is 17.2 Å². The summed E-state index contributed by atoms with van der Waals surface area (Å²) in [4.78, 5) is 26.7. The largest absolute Gasteiger partial charge is 0.444 e. The lowest BCUT2D eigenvalue weighted by molar-refractivity contribution is -0.109. The smallest absolute Gasteiger partial charge is 0.408 e. The Labute approximate surface area is 117 Å². The van der Waals surface area contributed by atoms with Gasteiger partial charge in [-0.2, -0.15) is 0 Å². The van der Waals surface area contributed by atoms with E-state index in [4.69, 9.17) is 16.3 Å². The molecule has 1 aromatic heterocycles. The molecule has 1 aromatic rings. The van der Waals surface area contributed by atoms with Gasteiger partial charge in [-0.05, 0) is 27.7 Å². The Morgan fingerprint density at radius 3 is 2.74 bits per heavy atom. The number of alkyl carbamates (subject to hydrolysis) is 1. The zero-order valence-corrected chi connectivity index (χ0v) is 12.2. The van der Waals surface area contributed by atoms with Crippen LogP contribution in [0.4, 0.5) is 4.79 Å². The summed E-state index contributed by atoms with van der Waals surface area (Å²) in [6.07, 6.45) is 1.44. The minimum Gasteiger partial charge on any atom is -0.444 e. The van der Waals surface area contributed by atoms with Crippen molar-refractivity contribution in [3.8, 4) is 0 Å². The number of hydrogen-bond acceptors (Lipinski definition) is 4. The molecule has 1 heterocycles. The summed E-state index contributed by atoms with van der Waals surface area (Å²) in [5.41, 5.74) is -0.184. The van der Waals surface area contributed by atoms with Gasteiger partial charge in [0, 0.05) is 6.54 Å². The van der Waals surface area contributed by atoms with Crippen molar-refractivity contribution in [2.24, 2.45) is 0 Å². The van der Waals surface area contributed by atoms with Crippen LogP contribution in [0.5, 0.6) is 0 Å². The van der Waals surface area contributed by atoms with E-state index in [9.17, 15) is 9.59 Å². The number of nitrogens with one attached hydrogen (secondary N) is 1. The third-order valence-corrected chi connectivity index (χ3v) is 2.57. The average Bonchev–Trinajstić information content (AvgIpc) is 2.65. The fourth-order valence-electron chi connectivity index (χ4n) is 1.53. The Morgan fingerprint density at radius 1 is 1.63 bits per heavy atom. The second kappa shape index (κ2) is 6.06. The van der Waals surface area contributed by atoms with Crippen LogP contribution in [0.25, 0.3) is 0 Å². The minimum absolute atomic E-state index is 0.190. The lowest BCUT2D eigenvalue weighted by Crippen LogP contribution is -2.36. The number of rotatable bonds is 4. The van der Waals surface area contributed by atoms with Crippen LogP contribution in [0.15, 0.2) is 6.33 Å². The first-order valence-corrected chi connectivity index (χ1v) is 6.31. The van der Waals surface area contributed by atoms with Crippen molar-refractivity contribution < 1.29 is 14.3 Å². The molecule has 0 aromatic carbocycles. The van der Waals surface area contributed by atoms with Crippen molar-refractivity contribution in [3.63, 3.8) is 0 Å². The van der Waals surface area contributed by atoms with Gasteiger partial charge in [0.15, 0.2) is 5.15 Å². The molecule has 0 aliphatic heterocycles. The highest BCUT2D eigenvalue weighted by Gasteiger charge is 2.24. The highest BCUT2D eigenvalue weighted by molar-refractivity contribution is 6.30. The van der Waals surface area contributed by atoms with E-state index in [-0.39, 0.29) is 5.15 Å². The molecular weight excluding hydrogens is 270 g/mol. The quantitative estimate of drug-likeness (QED) is 0.863. The molecule has 0 fully saturated rings. The van der Waals surface area contributed by atoms with E-state index >= 15 is 0 Å². The first kappa shape index (κ1) is 15.5. The second-order valence-corrected chi connectivity index (χ2v) is 5.32. The zero-order chi connectivity index (χ0) is 14.6.